The molecule has 0 bridgehead atoms. The van der Waals surface area contributed by atoms with Gasteiger partial charge in [0.15, 0.2) is 0 Å². The molecule has 1 aromatic carbocycles. The molecule has 0 unspecified atom stereocenters. The average Bonchev–Trinajstić information content (AvgIpc) is 2.60. The van der Waals surface area contributed by atoms with Crippen molar-refractivity contribution in [2.45, 2.75) is 64.5 Å². The summed E-state index contributed by atoms with van der Waals surface area (Å²) in [6.45, 7) is 5.90. The van der Waals surface area contributed by atoms with Crippen molar-refractivity contribution in [2.24, 2.45) is 0 Å². The van der Waals surface area contributed by atoms with Gasteiger partial charge in [0.25, 0.3) is 0 Å². The van der Waals surface area contributed by atoms with Crippen molar-refractivity contribution in [3.63, 3.8) is 0 Å². The van der Waals surface area contributed by atoms with E-state index in [4.69, 9.17) is 0 Å². The molecule has 1 fully saturated rings. The zero-order chi connectivity index (χ0) is 13.7. The molecule has 19 heavy (non-hydrogen) atoms. The van der Waals surface area contributed by atoms with Crippen molar-refractivity contribution < 1.29 is 5.11 Å². The number of aryl methyl sites for hydroxylation is 1. The number of nitrogens with one attached hydrogen (secondary N) is 1. The van der Waals surface area contributed by atoms with Crippen LogP contribution in [0.2, 0.25) is 0 Å². The van der Waals surface area contributed by atoms with Crippen LogP contribution in [0.5, 0.6) is 0 Å². The van der Waals surface area contributed by atoms with Crippen LogP contribution >= 0.6 is 0 Å². The highest BCUT2D eigenvalue weighted by Crippen LogP contribution is 2.26. The average molecular weight is 261 g/mol. The molecular formula is C17H27NO. The van der Waals surface area contributed by atoms with Crippen LogP contribution in [0.1, 0.15) is 55.2 Å². The maximum Gasteiger partial charge on any atom is 0.0771 e. The molecule has 106 valence electrons. The topological polar surface area (TPSA) is 32.3 Å². The summed E-state index contributed by atoms with van der Waals surface area (Å²) < 4.78 is 0. The molecule has 0 radical (unpaired) electrons. The van der Waals surface area contributed by atoms with Crippen LogP contribution in [0.15, 0.2) is 18.2 Å². The summed E-state index contributed by atoms with van der Waals surface area (Å²) in [6, 6.07) is 6.43. The summed E-state index contributed by atoms with van der Waals surface area (Å²) in [7, 11) is 0. The van der Waals surface area contributed by atoms with Gasteiger partial charge in [-0.15, -0.1) is 0 Å². The first-order valence-corrected chi connectivity index (χ1v) is 7.59. The molecule has 1 aromatic rings. The van der Waals surface area contributed by atoms with Gasteiger partial charge in [0.05, 0.1) is 5.60 Å². The lowest BCUT2D eigenvalue weighted by atomic mass is 9.94. The van der Waals surface area contributed by atoms with Crippen molar-refractivity contribution in [3.05, 3.63) is 34.9 Å². The largest absolute Gasteiger partial charge is 0.389 e. The summed E-state index contributed by atoms with van der Waals surface area (Å²) in [5, 5.41) is 14.0. The third-order valence-corrected chi connectivity index (χ3v) is 4.52. The minimum Gasteiger partial charge on any atom is -0.389 e. The molecule has 1 aliphatic rings. The molecule has 0 atom stereocenters. The number of hydrogen-bond donors (Lipinski definition) is 2. The summed E-state index contributed by atoms with van der Waals surface area (Å²) in [5.74, 6) is 0. The Balaban J connectivity index is 1.87. The Morgan fingerprint density at radius 2 is 1.79 bits per heavy atom. The van der Waals surface area contributed by atoms with Crippen molar-refractivity contribution in [2.75, 3.05) is 6.54 Å². The first-order chi connectivity index (χ1) is 9.11. The zero-order valence-corrected chi connectivity index (χ0v) is 12.3. The summed E-state index contributed by atoms with van der Waals surface area (Å²) in [5.41, 5.74) is 3.57. The van der Waals surface area contributed by atoms with Crippen molar-refractivity contribution in [3.8, 4) is 0 Å². The maximum absolute atomic E-state index is 10.6. The molecule has 0 amide bonds. The van der Waals surface area contributed by atoms with Gasteiger partial charge in [-0.3, -0.25) is 0 Å². The molecule has 0 spiro atoms. The molecule has 0 aromatic heterocycles. The smallest absolute Gasteiger partial charge is 0.0771 e. The standard InChI is InChI=1S/C17H27NO/c1-14-8-7-9-16(15(14)2)12-18-13-17(19)10-5-3-4-6-11-17/h7-9,18-19H,3-6,10-13H2,1-2H3. The summed E-state index contributed by atoms with van der Waals surface area (Å²) in [6.07, 6.45) is 6.79. The fourth-order valence-electron chi connectivity index (χ4n) is 3.00. The van der Waals surface area contributed by atoms with Gasteiger partial charge in [0.1, 0.15) is 0 Å². The monoisotopic (exact) mass is 261 g/mol. The molecule has 2 rings (SSSR count). The number of hydrogen-bond acceptors (Lipinski definition) is 2. The third kappa shape index (κ3) is 4.05. The minimum absolute atomic E-state index is 0.478. The lowest BCUT2D eigenvalue weighted by molar-refractivity contribution is 0.0250. The van der Waals surface area contributed by atoms with Gasteiger partial charge in [-0.2, -0.15) is 0 Å². The first-order valence-electron chi connectivity index (χ1n) is 7.59. The van der Waals surface area contributed by atoms with E-state index in [-0.39, 0.29) is 0 Å². The van der Waals surface area contributed by atoms with E-state index in [0.717, 1.165) is 25.9 Å². The Morgan fingerprint density at radius 1 is 1.11 bits per heavy atom. The number of rotatable bonds is 4. The van der Waals surface area contributed by atoms with Crippen LogP contribution in [0.3, 0.4) is 0 Å². The Hall–Kier alpha value is -0.860. The van der Waals surface area contributed by atoms with E-state index in [2.05, 4.69) is 37.4 Å². The predicted octanol–water partition coefficient (Wildman–Crippen LogP) is 3.48. The molecule has 2 nitrogen and oxygen atoms in total. The molecule has 0 saturated heterocycles. The predicted molar refractivity (Wildman–Crippen MR) is 80.3 cm³/mol. The Bertz CT molecular complexity index is 406. The van der Waals surface area contributed by atoms with E-state index in [1.165, 1.54) is 42.4 Å². The van der Waals surface area contributed by atoms with Crippen LogP contribution in [-0.4, -0.2) is 17.3 Å². The van der Waals surface area contributed by atoms with Gasteiger partial charge in [0.2, 0.25) is 0 Å². The van der Waals surface area contributed by atoms with E-state index >= 15 is 0 Å². The Morgan fingerprint density at radius 3 is 2.47 bits per heavy atom. The van der Waals surface area contributed by atoms with Crippen molar-refractivity contribution in [1.29, 1.82) is 0 Å². The molecule has 1 saturated carbocycles. The second-order valence-electron chi connectivity index (χ2n) is 6.10. The van der Waals surface area contributed by atoms with E-state index < -0.39 is 5.60 Å². The number of aliphatic hydroxyl groups is 1. The Labute approximate surface area is 117 Å². The molecule has 0 aliphatic heterocycles. The van der Waals surface area contributed by atoms with Crippen LogP contribution in [0, 0.1) is 13.8 Å². The van der Waals surface area contributed by atoms with Crippen LogP contribution < -0.4 is 5.32 Å². The zero-order valence-electron chi connectivity index (χ0n) is 12.3. The maximum atomic E-state index is 10.6. The highest BCUT2D eigenvalue weighted by molar-refractivity contribution is 5.32. The number of benzene rings is 1. The highest BCUT2D eigenvalue weighted by atomic mass is 16.3. The molecule has 2 heteroatoms. The fraction of sp³-hybridized carbons (Fsp3) is 0.647. The summed E-state index contributed by atoms with van der Waals surface area (Å²) >= 11 is 0. The SMILES string of the molecule is Cc1cccc(CNCC2(O)CCCCCC2)c1C. The molecule has 2 N–H and O–H groups in total. The minimum atomic E-state index is -0.478. The lowest BCUT2D eigenvalue weighted by Crippen LogP contribution is -2.40. The second kappa shape index (κ2) is 6.53. The third-order valence-electron chi connectivity index (χ3n) is 4.52. The van der Waals surface area contributed by atoms with Gasteiger partial charge in [-0.05, 0) is 43.4 Å². The quantitative estimate of drug-likeness (QED) is 0.813. The first kappa shape index (κ1) is 14.5. The van der Waals surface area contributed by atoms with Crippen LogP contribution in [0.4, 0.5) is 0 Å². The van der Waals surface area contributed by atoms with Crippen LogP contribution in [0.25, 0.3) is 0 Å². The molecule has 0 heterocycles. The normalized spacial score (nSPS) is 19.1. The highest BCUT2D eigenvalue weighted by Gasteiger charge is 2.27. The Kier molecular flexibility index (Phi) is 5.00. The van der Waals surface area contributed by atoms with Crippen LogP contribution in [-0.2, 0) is 6.54 Å². The van der Waals surface area contributed by atoms with E-state index in [9.17, 15) is 5.11 Å². The van der Waals surface area contributed by atoms with Gasteiger partial charge >= 0.3 is 0 Å². The summed E-state index contributed by atoms with van der Waals surface area (Å²) in [4.78, 5) is 0. The molecule has 1 aliphatic carbocycles. The molecular weight excluding hydrogens is 234 g/mol. The lowest BCUT2D eigenvalue weighted by Gasteiger charge is -2.27. The van der Waals surface area contributed by atoms with Gasteiger partial charge < -0.3 is 10.4 Å². The van der Waals surface area contributed by atoms with E-state index in [1.54, 1.807) is 0 Å². The van der Waals surface area contributed by atoms with Gasteiger partial charge in [0, 0.05) is 13.1 Å². The van der Waals surface area contributed by atoms with Crippen molar-refractivity contribution >= 4 is 0 Å². The fourth-order valence-corrected chi connectivity index (χ4v) is 3.00. The van der Waals surface area contributed by atoms with E-state index in [1.807, 2.05) is 0 Å². The van der Waals surface area contributed by atoms with Gasteiger partial charge in [-0.1, -0.05) is 43.9 Å². The van der Waals surface area contributed by atoms with E-state index in [0.29, 0.717) is 0 Å². The van der Waals surface area contributed by atoms with Crippen molar-refractivity contribution in [1.82, 2.24) is 5.32 Å². The van der Waals surface area contributed by atoms with Gasteiger partial charge in [-0.25, -0.2) is 0 Å². The second-order valence-corrected chi connectivity index (χ2v) is 6.10.